The molecule has 1 unspecified atom stereocenters. The number of halogens is 4. The third-order valence-corrected chi connectivity index (χ3v) is 4.80. The van der Waals surface area contributed by atoms with E-state index < -0.39 is 0 Å². The Kier molecular flexibility index (Phi) is 5.78. The predicted octanol–water partition coefficient (Wildman–Crippen LogP) is 5.62. The molecule has 0 saturated heterocycles. The first-order chi connectivity index (χ1) is 9.51. The molecule has 0 aliphatic heterocycles. The molecule has 0 aliphatic rings. The summed E-state index contributed by atoms with van der Waals surface area (Å²) in [4.78, 5) is 0. The molecule has 0 heterocycles. The minimum atomic E-state index is -0.187. The molecule has 2 rings (SSSR count). The van der Waals surface area contributed by atoms with Gasteiger partial charge >= 0.3 is 0 Å². The van der Waals surface area contributed by atoms with Gasteiger partial charge in [-0.15, -0.1) is 0 Å². The lowest BCUT2D eigenvalue weighted by molar-refractivity contribution is 0.552. The molecule has 0 fully saturated rings. The Bertz CT molecular complexity index is 616. The van der Waals surface area contributed by atoms with Gasteiger partial charge in [0.1, 0.15) is 5.82 Å². The van der Waals surface area contributed by atoms with Crippen LogP contribution in [0.4, 0.5) is 4.39 Å². The highest BCUT2D eigenvalue weighted by Gasteiger charge is 2.15. The van der Waals surface area contributed by atoms with Crippen LogP contribution in [0.1, 0.15) is 17.2 Å². The monoisotopic (exact) mass is 463 g/mol. The van der Waals surface area contributed by atoms with E-state index >= 15 is 0 Å². The van der Waals surface area contributed by atoms with Gasteiger partial charge in [-0.2, -0.15) is 0 Å². The van der Waals surface area contributed by atoms with Crippen LogP contribution in [0.3, 0.4) is 0 Å². The van der Waals surface area contributed by atoms with Gasteiger partial charge in [0.15, 0.2) is 0 Å². The van der Waals surface area contributed by atoms with Crippen LogP contribution < -0.4 is 5.32 Å². The van der Waals surface area contributed by atoms with Crippen LogP contribution in [0.5, 0.6) is 0 Å². The molecule has 0 bridgehead atoms. The zero-order chi connectivity index (χ0) is 14.7. The molecule has 1 nitrogen and oxygen atoms in total. The number of likely N-dealkylation sites (N-methyl/N-ethyl adjacent to an activating group) is 1. The van der Waals surface area contributed by atoms with E-state index in [0.29, 0.717) is 12.0 Å². The lowest BCUT2D eigenvalue weighted by Crippen LogP contribution is -2.19. The van der Waals surface area contributed by atoms with E-state index in [1.54, 1.807) is 0 Å². The average Bonchev–Trinajstić information content (AvgIpc) is 2.39. The molecular formula is C15H13Br3FN. The summed E-state index contributed by atoms with van der Waals surface area (Å²) in [6, 6.07) is 11.2. The summed E-state index contributed by atoms with van der Waals surface area (Å²) in [5.41, 5.74) is 1.81. The number of hydrogen-bond acceptors (Lipinski definition) is 1. The minimum Gasteiger partial charge on any atom is -0.313 e. The Labute approximate surface area is 143 Å². The van der Waals surface area contributed by atoms with Gasteiger partial charge in [-0.1, -0.05) is 59.9 Å². The van der Waals surface area contributed by atoms with E-state index in [0.717, 1.165) is 19.0 Å². The van der Waals surface area contributed by atoms with Gasteiger partial charge in [0.2, 0.25) is 0 Å². The highest BCUT2D eigenvalue weighted by Crippen LogP contribution is 2.29. The van der Waals surface area contributed by atoms with Gasteiger partial charge in [-0.3, -0.25) is 0 Å². The quantitative estimate of drug-likeness (QED) is 0.618. The Balaban J connectivity index is 2.28. The SMILES string of the molecule is CNC(Cc1ccc(Br)cc1F)c1ccc(Br)cc1Br. The smallest absolute Gasteiger partial charge is 0.127 e. The molecule has 0 amide bonds. The first-order valence-corrected chi connectivity index (χ1v) is 8.45. The molecule has 0 aliphatic carbocycles. The Morgan fingerprint density at radius 1 is 1.05 bits per heavy atom. The second-order valence-electron chi connectivity index (χ2n) is 4.45. The molecule has 20 heavy (non-hydrogen) atoms. The Hall–Kier alpha value is -0.230. The van der Waals surface area contributed by atoms with E-state index in [9.17, 15) is 4.39 Å². The lowest BCUT2D eigenvalue weighted by Gasteiger charge is -2.19. The van der Waals surface area contributed by atoms with Crippen LogP contribution in [0.2, 0.25) is 0 Å². The van der Waals surface area contributed by atoms with E-state index in [-0.39, 0.29) is 11.9 Å². The van der Waals surface area contributed by atoms with Crippen molar-refractivity contribution in [2.24, 2.45) is 0 Å². The maximum Gasteiger partial charge on any atom is 0.127 e. The third-order valence-electron chi connectivity index (χ3n) is 3.13. The average molecular weight is 466 g/mol. The van der Waals surface area contributed by atoms with Crippen molar-refractivity contribution in [3.63, 3.8) is 0 Å². The molecule has 2 aromatic carbocycles. The zero-order valence-corrected chi connectivity index (χ0v) is 15.5. The number of rotatable bonds is 4. The Morgan fingerprint density at radius 2 is 1.70 bits per heavy atom. The molecular weight excluding hydrogens is 453 g/mol. The standard InChI is InChI=1S/C15H13Br3FN/c1-20-15(12-5-4-10(16)7-13(12)18)6-9-2-3-11(17)8-14(9)19/h2-5,7-8,15,20H,6H2,1H3. The van der Waals surface area contributed by atoms with Gasteiger partial charge in [0.25, 0.3) is 0 Å². The largest absolute Gasteiger partial charge is 0.313 e. The molecule has 5 heteroatoms. The van der Waals surface area contributed by atoms with Crippen molar-refractivity contribution >= 4 is 47.8 Å². The summed E-state index contributed by atoms with van der Waals surface area (Å²) < 4.78 is 16.7. The molecule has 1 atom stereocenters. The predicted molar refractivity (Wildman–Crippen MR) is 91.4 cm³/mol. The number of hydrogen-bond donors (Lipinski definition) is 1. The molecule has 0 spiro atoms. The van der Waals surface area contributed by atoms with Gasteiger partial charge in [-0.25, -0.2) is 4.39 Å². The highest BCUT2D eigenvalue weighted by atomic mass is 79.9. The highest BCUT2D eigenvalue weighted by molar-refractivity contribution is 9.11. The number of benzene rings is 2. The summed E-state index contributed by atoms with van der Waals surface area (Å²) >= 11 is 10.3. The summed E-state index contributed by atoms with van der Waals surface area (Å²) in [7, 11) is 1.88. The fourth-order valence-electron chi connectivity index (χ4n) is 2.06. The molecule has 0 radical (unpaired) electrons. The second-order valence-corrected chi connectivity index (χ2v) is 7.13. The first kappa shape index (κ1) is 16.1. The van der Waals surface area contributed by atoms with Crippen molar-refractivity contribution in [3.8, 4) is 0 Å². The minimum absolute atomic E-state index is 0.0492. The summed E-state index contributed by atoms with van der Waals surface area (Å²) in [6.07, 6.45) is 0.593. The van der Waals surface area contributed by atoms with Crippen molar-refractivity contribution in [2.75, 3.05) is 7.05 Å². The summed E-state index contributed by atoms with van der Waals surface area (Å²) in [5, 5.41) is 3.25. The molecule has 1 N–H and O–H groups in total. The maximum absolute atomic E-state index is 14.0. The van der Waals surface area contributed by atoms with Gasteiger partial charge < -0.3 is 5.32 Å². The number of nitrogens with one attached hydrogen (secondary N) is 1. The lowest BCUT2D eigenvalue weighted by atomic mass is 9.99. The Morgan fingerprint density at radius 3 is 2.30 bits per heavy atom. The van der Waals surface area contributed by atoms with Crippen molar-refractivity contribution < 1.29 is 4.39 Å². The van der Waals surface area contributed by atoms with Crippen LogP contribution in [0.25, 0.3) is 0 Å². The van der Waals surface area contributed by atoms with E-state index in [1.807, 2.05) is 37.4 Å². The third kappa shape index (κ3) is 3.91. The molecule has 0 aromatic heterocycles. The summed E-state index contributed by atoms with van der Waals surface area (Å²) in [5.74, 6) is -0.187. The van der Waals surface area contributed by atoms with E-state index in [4.69, 9.17) is 0 Å². The van der Waals surface area contributed by atoms with E-state index in [2.05, 4.69) is 53.1 Å². The normalized spacial score (nSPS) is 12.4. The van der Waals surface area contributed by atoms with Crippen LogP contribution >= 0.6 is 47.8 Å². The maximum atomic E-state index is 14.0. The van der Waals surface area contributed by atoms with Gasteiger partial charge in [0, 0.05) is 19.5 Å². The van der Waals surface area contributed by atoms with Crippen LogP contribution in [0, 0.1) is 5.82 Å². The zero-order valence-electron chi connectivity index (χ0n) is 10.8. The second kappa shape index (κ2) is 7.16. The topological polar surface area (TPSA) is 12.0 Å². The van der Waals surface area contributed by atoms with Gasteiger partial charge in [-0.05, 0) is 48.9 Å². The van der Waals surface area contributed by atoms with Crippen molar-refractivity contribution in [1.82, 2.24) is 5.32 Å². The van der Waals surface area contributed by atoms with E-state index in [1.165, 1.54) is 6.07 Å². The van der Waals surface area contributed by atoms with Crippen molar-refractivity contribution in [3.05, 3.63) is 66.8 Å². The van der Waals surface area contributed by atoms with Crippen LogP contribution in [-0.2, 0) is 6.42 Å². The van der Waals surface area contributed by atoms with Crippen molar-refractivity contribution in [2.45, 2.75) is 12.5 Å². The fraction of sp³-hybridized carbons (Fsp3) is 0.200. The summed E-state index contributed by atoms with van der Waals surface area (Å²) in [6.45, 7) is 0. The molecule has 0 saturated carbocycles. The van der Waals surface area contributed by atoms with Crippen LogP contribution in [0.15, 0.2) is 49.8 Å². The molecule has 106 valence electrons. The van der Waals surface area contributed by atoms with Crippen LogP contribution in [-0.4, -0.2) is 7.05 Å². The van der Waals surface area contributed by atoms with Crippen molar-refractivity contribution in [1.29, 1.82) is 0 Å². The van der Waals surface area contributed by atoms with Gasteiger partial charge in [0.05, 0.1) is 0 Å². The molecule has 2 aromatic rings. The first-order valence-electron chi connectivity index (χ1n) is 6.07. The fourth-order valence-corrected chi connectivity index (χ4v) is 3.72.